The number of halogens is 2. The van der Waals surface area contributed by atoms with Gasteiger partial charge in [-0.1, -0.05) is 29.8 Å². The third-order valence-electron chi connectivity index (χ3n) is 3.00. The molecule has 0 aliphatic heterocycles. The van der Waals surface area contributed by atoms with Gasteiger partial charge in [0.1, 0.15) is 5.82 Å². The molecule has 2 aromatic carbocycles. The van der Waals surface area contributed by atoms with Gasteiger partial charge in [0.05, 0.1) is 5.56 Å². The summed E-state index contributed by atoms with van der Waals surface area (Å²) >= 11 is 3.36. The fraction of sp³-hybridized carbons (Fsp3) is 0.188. The SMILES string of the molecule is Cc1ccc(Br)c(C(=O)NCCc2ccccc2F)c1. The van der Waals surface area contributed by atoms with Crippen LogP contribution in [0.15, 0.2) is 46.9 Å². The number of rotatable bonds is 4. The zero-order valence-electron chi connectivity index (χ0n) is 11.1. The molecule has 104 valence electrons. The van der Waals surface area contributed by atoms with E-state index in [4.69, 9.17) is 0 Å². The molecule has 0 aliphatic rings. The number of carbonyl (C=O) groups excluding carboxylic acids is 1. The van der Waals surface area contributed by atoms with Crippen LogP contribution in [0.4, 0.5) is 4.39 Å². The number of amides is 1. The van der Waals surface area contributed by atoms with E-state index in [0.717, 1.165) is 10.0 Å². The molecule has 2 rings (SSSR count). The topological polar surface area (TPSA) is 29.1 Å². The van der Waals surface area contributed by atoms with Crippen molar-refractivity contribution in [3.63, 3.8) is 0 Å². The molecule has 0 aromatic heterocycles. The molecule has 0 saturated heterocycles. The van der Waals surface area contributed by atoms with E-state index in [0.29, 0.717) is 24.1 Å². The number of hydrogen-bond acceptors (Lipinski definition) is 1. The maximum absolute atomic E-state index is 13.4. The van der Waals surface area contributed by atoms with Gasteiger partial charge in [-0.2, -0.15) is 0 Å². The van der Waals surface area contributed by atoms with E-state index in [1.54, 1.807) is 18.2 Å². The van der Waals surface area contributed by atoms with Gasteiger partial charge in [-0.25, -0.2) is 4.39 Å². The number of hydrogen-bond donors (Lipinski definition) is 1. The molecule has 0 atom stereocenters. The van der Waals surface area contributed by atoms with Crippen LogP contribution >= 0.6 is 15.9 Å². The van der Waals surface area contributed by atoms with Crippen molar-refractivity contribution in [3.8, 4) is 0 Å². The van der Waals surface area contributed by atoms with Crippen LogP contribution in [0.5, 0.6) is 0 Å². The predicted molar refractivity (Wildman–Crippen MR) is 81.3 cm³/mol. The molecular weight excluding hydrogens is 321 g/mol. The molecule has 20 heavy (non-hydrogen) atoms. The Bertz CT molecular complexity index is 628. The monoisotopic (exact) mass is 335 g/mol. The lowest BCUT2D eigenvalue weighted by atomic mass is 10.1. The van der Waals surface area contributed by atoms with E-state index in [9.17, 15) is 9.18 Å². The molecule has 2 nitrogen and oxygen atoms in total. The highest BCUT2D eigenvalue weighted by molar-refractivity contribution is 9.10. The van der Waals surface area contributed by atoms with Gasteiger partial charge in [0.25, 0.3) is 5.91 Å². The highest BCUT2D eigenvalue weighted by Crippen LogP contribution is 2.18. The number of nitrogens with one attached hydrogen (secondary N) is 1. The first-order valence-corrected chi connectivity index (χ1v) is 7.15. The van der Waals surface area contributed by atoms with Gasteiger partial charge in [-0.3, -0.25) is 4.79 Å². The first kappa shape index (κ1) is 14.7. The molecule has 0 radical (unpaired) electrons. The summed E-state index contributed by atoms with van der Waals surface area (Å²) in [7, 11) is 0. The minimum Gasteiger partial charge on any atom is -0.352 e. The van der Waals surface area contributed by atoms with Crippen LogP contribution in [-0.2, 0) is 6.42 Å². The molecule has 0 spiro atoms. The van der Waals surface area contributed by atoms with Gasteiger partial charge in [-0.05, 0) is 53.0 Å². The second kappa shape index (κ2) is 6.66. The third-order valence-corrected chi connectivity index (χ3v) is 3.70. The van der Waals surface area contributed by atoms with Crippen molar-refractivity contribution in [1.29, 1.82) is 0 Å². The van der Waals surface area contributed by atoms with E-state index in [1.807, 2.05) is 25.1 Å². The smallest absolute Gasteiger partial charge is 0.252 e. The number of aryl methyl sites for hydroxylation is 1. The molecule has 1 N–H and O–H groups in total. The highest BCUT2D eigenvalue weighted by Gasteiger charge is 2.10. The lowest BCUT2D eigenvalue weighted by Gasteiger charge is -2.08. The van der Waals surface area contributed by atoms with Gasteiger partial charge < -0.3 is 5.32 Å². The quantitative estimate of drug-likeness (QED) is 0.902. The first-order valence-electron chi connectivity index (χ1n) is 6.35. The minimum absolute atomic E-state index is 0.156. The highest BCUT2D eigenvalue weighted by atomic mass is 79.9. The summed E-state index contributed by atoms with van der Waals surface area (Å²) < 4.78 is 14.2. The molecule has 0 fully saturated rings. The van der Waals surface area contributed by atoms with E-state index < -0.39 is 0 Å². The minimum atomic E-state index is -0.238. The van der Waals surface area contributed by atoms with Crippen molar-refractivity contribution in [2.75, 3.05) is 6.54 Å². The third kappa shape index (κ3) is 3.67. The second-order valence-corrected chi connectivity index (χ2v) is 5.43. The average Bonchev–Trinajstić information content (AvgIpc) is 2.43. The van der Waals surface area contributed by atoms with Crippen LogP contribution < -0.4 is 5.32 Å². The Labute approximate surface area is 126 Å². The predicted octanol–water partition coefficient (Wildman–Crippen LogP) is 3.87. The Hall–Kier alpha value is -1.68. The van der Waals surface area contributed by atoms with Crippen molar-refractivity contribution in [2.45, 2.75) is 13.3 Å². The summed E-state index contributed by atoms with van der Waals surface area (Å²) in [5.74, 6) is -0.393. The van der Waals surface area contributed by atoms with Crippen molar-refractivity contribution >= 4 is 21.8 Å². The van der Waals surface area contributed by atoms with E-state index in [1.165, 1.54) is 6.07 Å². The van der Waals surface area contributed by atoms with Crippen molar-refractivity contribution < 1.29 is 9.18 Å². The standard InChI is InChI=1S/C16H15BrFNO/c1-11-6-7-14(17)13(10-11)16(20)19-9-8-12-4-2-3-5-15(12)18/h2-7,10H,8-9H2,1H3,(H,19,20). The molecule has 4 heteroatoms. The lowest BCUT2D eigenvalue weighted by molar-refractivity contribution is 0.0953. The van der Waals surface area contributed by atoms with E-state index >= 15 is 0 Å². The first-order chi connectivity index (χ1) is 9.58. The van der Waals surface area contributed by atoms with Crippen LogP contribution in [0.3, 0.4) is 0 Å². The normalized spacial score (nSPS) is 10.3. The summed E-state index contributed by atoms with van der Waals surface area (Å²) in [6.45, 7) is 2.34. The molecule has 1 amide bonds. The molecule has 0 bridgehead atoms. The number of carbonyl (C=O) groups is 1. The van der Waals surface area contributed by atoms with Gasteiger partial charge >= 0.3 is 0 Å². The maximum Gasteiger partial charge on any atom is 0.252 e. The van der Waals surface area contributed by atoms with Crippen LogP contribution in [-0.4, -0.2) is 12.5 Å². The molecule has 0 heterocycles. The van der Waals surface area contributed by atoms with Gasteiger partial charge in [-0.15, -0.1) is 0 Å². The van der Waals surface area contributed by atoms with Crippen LogP contribution in [0, 0.1) is 12.7 Å². The molecule has 0 aliphatic carbocycles. The van der Waals surface area contributed by atoms with Gasteiger partial charge in [0.15, 0.2) is 0 Å². The summed E-state index contributed by atoms with van der Waals surface area (Å²) in [6, 6.07) is 12.2. The number of benzene rings is 2. The summed E-state index contributed by atoms with van der Waals surface area (Å²) in [5, 5.41) is 2.81. The van der Waals surface area contributed by atoms with Gasteiger partial charge in [0.2, 0.25) is 0 Å². The Morgan fingerprint density at radius 2 is 2.00 bits per heavy atom. The zero-order valence-corrected chi connectivity index (χ0v) is 12.7. The second-order valence-electron chi connectivity index (χ2n) is 4.58. The fourth-order valence-electron chi connectivity index (χ4n) is 1.92. The van der Waals surface area contributed by atoms with Gasteiger partial charge in [0, 0.05) is 11.0 Å². The van der Waals surface area contributed by atoms with Crippen LogP contribution in [0.1, 0.15) is 21.5 Å². The lowest BCUT2D eigenvalue weighted by Crippen LogP contribution is -2.26. The fourth-order valence-corrected chi connectivity index (χ4v) is 2.35. The maximum atomic E-state index is 13.4. The van der Waals surface area contributed by atoms with Crippen LogP contribution in [0.25, 0.3) is 0 Å². The van der Waals surface area contributed by atoms with Crippen LogP contribution in [0.2, 0.25) is 0 Å². The van der Waals surface area contributed by atoms with Crippen molar-refractivity contribution in [1.82, 2.24) is 5.32 Å². The summed E-state index contributed by atoms with van der Waals surface area (Å²) in [5.41, 5.74) is 2.22. The molecule has 0 unspecified atom stereocenters. The largest absolute Gasteiger partial charge is 0.352 e. The Kier molecular flexibility index (Phi) is 4.90. The Morgan fingerprint density at radius 3 is 2.75 bits per heavy atom. The molecular formula is C16H15BrFNO. The average molecular weight is 336 g/mol. The van der Waals surface area contributed by atoms with Crippen molar-refractivity contribution in [2.24, 2.45) is 0 Å². The summed E-state index contributed by atoms with van der Waals surface area (Å²) in [6.07, 6.45) is 0.474. The van der Waals surface area contributed by atoms with E-state index in [2.05, 4.69) is 21.2 Å². The zero-order chi connectivity index (χ0) is 14.5. The molecule has 0 saturated carbocycles. The summed E-state index contributed by atoms with van der Waals surface area (Å²) in [4.78, 5) is 12.1. The Balaban J connectivity index is 1.96. The van der Waals surface area contributed by atoms with Crippen molar-refractivity contribution in [3.05, 3.63) is 69.4 Å². The Morgan fingerprint density at radius 1 is 1.25 bits per heavy atom. The molecule has 2 aromatic rings. The van der Waals surface area contributed by atoms with E-state index in [-0.39, 0.29) is 11.7 Å².